The van der Waals surface area contributed by atoms with Gasteiger partial charge in [-0.05, 0) is 30.5 Å². The van der Waals surface area contributed by atoms with Crippen molar-refractivity contribution < 1.29 is 4.79 Å². The molecule has 0 atom stereocenters. The number of halogens is 1. The summed E-state index contributed by atoms with van der Waals surface area (Å²) in [4.78, 5) is 25.6. The van der Waals surface area contributed by atoms with Crippen LogP contribution in [-0.2, 0) is 4.79 Å². The van der Waals surface area contributed by atoms with Crippen LogP contribution in [0.4, 0.5) is 5.95 Å². The summed E-state index contributed by atoms with van der Waals surface area (Å²) < 4.78 is 0. The lowest BCUT2D eigenvalue weighted by Crippen LogP contribution is -2.40. The van der Waals surface area contributed by atoms with Gasteiger partial charge in [-0.2, -0.15) is 0 Å². The lowest BCUT2D eigenvalue weighted by molar-refractivity contribution is -0.135. The molecule has 144 valence electrons. The van der Waals surface area contributed by atoms with Crippen LogP contribution in [0.15, 0.2) is 30.5 Å². The number of aromatic nitrogens is 2. The van der Waals surface area contributed by atoms with Crippen LogP contribution in [0.3, 0.4) is 0 Å². The summed E-state index contributed by atoms with van der Waals surface area (Å²) in [5, 5.41) is 0.701. The Morgan fingerprint density at radius 1 is 1.26 bits per heavy atom. The third kappa shape index (κ3) is 4.41. The Balaban J connectivity index is 1.91. The molecular weight excluding hydrogens is 360 g/mol. The Morgan fingerprint density at radius 2 is 1.96 bits per heavy atom. The SMILES string of the molecule is CC(C)C(=O)N1CCC(c2nc(N(C)C)ncc2-c2cccc(Cl)c2)CC1. The van der Waals surface area contributed by atoms with Crippen molar-refractivity contribution in [2.45, 2.75) is 32.6 Å². The number of rotatable bonds is 4. The molecule has 1 fully saturated rings. The van der Waals surface area contributed by atoms with Crippen LogP contribution in [0.25, 0.3) is 11.1 Å². The van der Waals surface area contributed by atoms with Crippen molar-refractivity contribution in [1.29, 1.82) is 0 Å². The minimum absolute atomic E-state index is 0.0444. The number of anilines is 1. The molecule has 1 aromatic heterocycles. The normalized spacial score (nSPS) is 15.3. The van der Waals surface area contributed by atoms with E-state index in [0.717, 1.165) is 42.8 Å². The Kier molecular flexibility index (Phi) is 6.00. The highest BCUT2D eigenvalue weighted by atomic mass is 35.5. The molecule has 1 amide bonds. The molecular formula is C21H27ClN4O. The van der Waals surface area contributed by atoms with Crippen molar-refractivity contribution >= 4 is 23.5 Å². The van der Waals surface area contributed by atoms with E-state index in [2.05, 4.69) is 4.98 Å². The van der Waals surface area contributed by atoms with Gasteiger partial charge in [-0.3, -0.25) is 4.79 Å². The van der Waals surface area contributed by atoms with E-state index in [1.165, 1.54) is 0 Å². The fourth-order valence-electron chi connectivity index (χ4n) is 3.53. The van der Waals surface area contributed by atoms with Crippen LogP contribution >= 0.6 is 11.6 Å². The van der Waals surface area contributed by atoms with Crippen molar-refractivity contribution in [1.82, 2.24) is 14.9 Å². The van der Waals surface area contributed by atoms with Crippen molar-refractivity contribution in [3.05, 3.63) is 41.2 Å². The van der Waals surface area contributed by atoms with Crippen LogP contribution < -0.4 is 4.90 Å². The monoisotopic (exact) mass is 386 g/mol. The molecule has 0 radical (unpaired) electrons. The number of benzene rings is 1. The van der Waals surface area contributed by atoms with Gasteiger partial charge in [-0.1, -0.05) is 37.6 Å². The number of nitrogens with zero attached hydrogens (tertiary/aromatic N) is 4. The number of carbonyl (C=O) groups excluding carboxylic acids is 1. The average Bonchev–Trinajstić information content (AvgIpc) is 2.67. The van der Waals surface area contributed by atoms with Crippen LogP contribution in [0.5, 0.6) is 0 Å². The maximum absolute atomic E-state index is 12.3. The molecule has 0 bridgehead atoms. The second-order valence-electron chi connectivity index (χ2n) is 7.63. The molecule has 2 aromatic rings. The van der Waals surface area contributed by atoms with Gasteiger partial charge >= 0.3 is 0 Å². The number of amides is 1. The van der Waals surface area contributed by atoms with E-state index in [0.29, 0.717) is 16.9 Å². The zero-order chi connectivity index (χ0) is 19.6. The second kappa shape index (κ2) is 8.26. The molecule has 0 unspecified atom stereocenters. The molecule has 1 saturated heterocycles. The molecule has 0 N–H and O–H groups in total. The van der Waals surface area contributed by atoms with Gasteiger partial charge in [-0.25, -0.2) is 9.97 Å². The first-order valence-electron chi connectivity index (χ1n) is 9.45. The third-order valence-corrected chi connectivity index (χ3v) is 5.26. The standard InChI is InChI=1S/C21H27ClN4O/c1-14(2)20(27)26-10-8-15(9-11-26)19-18(13-23-21(24-19)25(3)4)16-6-5-7-17(22)12-16/h5-7,12-15H,8-11H2,1-4H3. The zero-order valence-electron chi connectivity index (χ0n) is 16.4. The highest BCUT2D eigenvalue weighted by Gasteiger charge is 2.28. The average molecular weight is 387 g/mol. The van der Waals surface area contributed by atoms with Crippen LogP contribution in [0.2, 0.25) is 5.02 Å². The predicted molar refractivity (Wildman–Crippen MR) is 110 cm³/mol. The summed E-state index contributed by atoms with van der Waals surface area (Å²) in [5.41, 5.74) is 3.10. The predicted octanol–water partition coefficient (Wildman–Crippen LogP) is 4.23. The minimum Gasteiger partial charge on any atom is -0.347 e. The Labute approximate surface area is 166 Å². The third-order valence-electron chi connectivity index (χ3n) is 5.03. The fraction of sp³-hybridized carbons (Fsp3) is 0.476. The van der Waals surface area contributed by atoms with Crippen LogP contribution in [-0.4, -0.2) is 48.0 Å². The molecule has 3 rings (SSSR count). The molecule has 1 aliphatic rings. The molecule has 2 heterocycles. The van der Waals surface area contributed by atoms with Gasteiger partial charge in [0.15, 0.2) is 0 Å². The summed E-state index contributed by atoms with van der Waals surface area (Å²) in [6.45, 7) is 5.47. The summed E-state index contributed by atoms with van der Waals surface area (Å²) in [6, 6.07) is 7.82. The van der Waals surface area contributed by atoms with E-state index in [-0.39, 0.29) is 11.8 Å². The van der Waals surface area contributed by atoms with Crippen molar-refractivity contribution in [2.24, 2.45) is 5.92 Å². The number of carbonyl (C=O) groups is 1. The van der Waals surface area contributed by atoms with Gasteiger partial charge in [0.25, 0.3) is 0 Å². The molecule has 0 aliphatic carbocycles. The van der Waals surface area contributed by atoms with Crippen LogP contribution in [0.1, 0.15) is 38.3 Å². The lowest BCUT2D eigenvalue weighted by atomic mass is 9.88. The molecule has 0 saturated carbocycles. The lowest BCUT2D eigenvalue weighted by Gasteiger charge is -2.33. The second-order valence-corrected chi connectivity index (χ2v) is 8.06. The molecule has 1 aliphatic heterocycles. The topological polar surface area (TPSA) is 49.3 Å². The Bertz CT molecular complexity index is 814. The van der Waals surface area contributed by atoms with E-state index >= 15 is 0 Å². The van der Waals surface area contributed by atoms with Crippen molar-refractivity contribution in [2.75, 3.05) is 32.1 Å². The smallest absolute Gasteiger partial charge is 0.225 e. The number of hydrogen-bond donors (Lipinski definition) is 0. The largest absolute Gasteiger partial charge is 0.347 e. The Morgan fingerprint density at radius 3 is 2.56 bits per heavy atom. The van der Waals surface area contributed by atoms with Crippen molar-refractivity contribution in [3.63, 3.8) is 0 Å². The van der Waals surface area contributed by atoms with Gasteiger partial charge in [-0.15, -0.1) is 0 Å². The van der Waals surface area contributed by atoms with E-state index in [1.807, 2.05) is 68.2 Å². The van der Waals surface area contributed by atoms with E-state index in [4.69, 9.17) is 16.6 Å². The van der Waals surface area contributed by atoms with Gasteiger partial charge in [0.2, 0.25) is 11.9 Å². The maximum atomic E-state index is 12.3. The molecule has 6 heteroatoms. The molecule has 27 heavy (non-hydrogen) atoms. The quantitative estimate of drug-likeness (QED) is 0.789. The van der Waals surface area contributed by atoms with Crippen LogP contribution in [0, 0.1) is 5.92 Å². The van der Waals surface area contributed by atoms with Gasteiger partial charge in [0.05, 0.1) is 5.69 Å². The first-order chi connectivity index (χ1) is 12.9. The zero-order valence-corrected chi connectivity index (χ0v) is 17.2. The summed E-state index contributed by atoms with van der Waals surface area (Å²) in [7, 11) is 3.89. The minimum atomic E-state index is 0.0444. The van der Waals surface area contributed by atoms with Gasteiger partial charge < -0.3 is 9.80 Å². The first kappa shape index (κ1) is 19.6. The van der Waals surface area contributed by atoms with Gasteiger partial charge in [0, 0.05) is 55.8 Å². The number of piperidine rings is 1. The molecule has 0 spiro atoms. The molecule has 5 nitrogen and oxygen atoms in total. The Hall–Kier alpha value is -2.14. The van der Waals surface area contributed by atoms with E-state index in [1.54, 1.807) is 0 Å². The maximum Gasteiger partial charge on any atom is 0.225 e. The fourth-order valence-corrected chi connectivity index (χ4v) is 3.72. The number of likely N-dealkylation sites (tertiary alicyclic amines) is 1. The highest BCUT2D eigenvalue weighted by molar-refractivity contribution is 6.30. The van der Waals surface area contributed by atoms with Gasteiger partial charge in [0.1, 0.15) is 0 Å². The molecule has 1 aromatic carbocycles. The van der Waals surface area contributed by atoms with E-state index < -0.39 is 0 Å². The van der Waals surface area contributed by atoms with Crippen molar-refractivity contribution in [3.8, 4) is 11.1 Å². The summed E-state index contributed by atoms with van der Waals surface area (Å²) in [5.74, 6) is 1.29. The van der Waals surface area contributed by atoms with E-state index in [9.17, 15) is 4.79 Å². The summed E-state index contributed by atoms with van der Waals surface area (Å²) in [6.07, 6.45) is 3.72. The number of hydrogen-bond acceptors (Lipinski definition) is 4. The summed E-state index contributed by atoms with van der Waals surface area (Å²) >= 11 is 6.20. The highest BCUT2D eigenvalue weighted by Crippen LogP contribution is 2.35. The first-order valence-corrected chi connectivity index (χ1v) is 9.83.